The molecule has 0 spiro atoms. The molecule has 0 fully saturated rings. The average molecular weight is 385 g/mol. The van der Waals surface area contributed by atoms with Gasteiger partial charge in [-0.3, -0.25) is 20.4 Å². The van der Waals surface area contributed by atoms with Gasteiger partial charge >= 0.3 is 5.91 Å². The monoisotopic (exact) mass is 385 g/mol. The minimum absolute atomic E-state index is 0.0808. The quantitative estimate of drug-likeness (QED) is 0.635. The molecule has 2 heterocycles. The highest BCUT2D eigenvalue weighted by atomic mass is 32.1. The summed E-state index contributed by atoms with van der Waals surface area (Å²) in [6.45, 7) is 3.93. The second-order valence-electron chi connectivity index (χ2n) is 5.65. The highest BCUT2D eigenvalue weighted by molar-refractivity contribution is 7.13. The van der Waals surface area contributed by atoms with Gasteiger partial charge in [0.25, 0.3) is 5.91 Å². The van der Waals surface area contributed by atoms with Gasteiger partial charge < -0.3 is 9.15 Å². The predicted octanol–water partition coefficient (Wildman–Crippen LogP) is 3.26. The number of hydrazine groups is 1. The Hall–Kier alpha value is -3.13. The largest absolute Gasteiger partial charge is 0.486 e. The fourth-order valence-electron chi connectivity index (χ4n) is 2.29. The number of benzene rings is 1. The van der Waals surface area contributed by atoms with Crippen LogP contribution in [0.4, 0.5) is 0 Å². The molecule has 0 radical (unpaired) electrons. The Labute approximate surface area is 160 Å². The van der Waals surface area contributed by atoms with Crippen LogP contribution in [0.1, 0.15) is 43.6 Å². The minimum Gasteiger partial charge on any atom is -0.486 e. The van der Waals surface area contributed by atoms with Crippen LogP contribution in [0.25, 0.3) is 0 Å². The van der Waals surface area contributed by atoms with Crippen LogP contribution >= 0.6 is 11.3 Å². The number of nitrogens with zero attached hydrogens (tertiary/aromatic N) is 1. The molecule has 2 N–H and O–H groups in total. The zero-order valence-corrected chi connectivity index (χ0v) is 15.8. The van der Waals surface area contributed by atoms with E-state index in [-0.39, 0.29) is 12.4 Å². The first-order valence-electron chi connectivity index (χ1n) is 8.40. The van der Waals surface area contributed by atoms with Crippen molar-refractivity contribution in [1.29, 1.82) is 0 Å². The molecule has 0 saturated carbocycles. The van der Waals surface area contributed by atoms with E-state index in [1.807, 2.05) is 37.3 Å². The third kappa shape index (κ3) is 4.73. The van der Waals surface area contributed by atoms with Gasteiger partial charge in [0.1, 0.15) is 23.0 Å². The number of aromatic nitrogens is 1. The number of amides is 2. The molecule has 8 heteroatoms. The summed E-state index contributed by atoms with van der Waals surface area (Å²) in [7, 11) is 0. The van der Waals surface area contributed by atoms with Gasteiger partial charge in [-0.2, -0.15) is 0 Å². The second kappa shape index (κ2) is 8.50. The molecule has 0 aliphatic rings. The van der Waals surface area contributed by atoms with Crippen molar-refractivity contribution in [2.45, 2.75) is 26.9 Å². The summed E-state index contributed by atoms with van der Waals surface area (Å²) in [6.07, 6.45) is 0.755. The Morgan fingerprint density at radius 1 is 1.11 bits per heavy atom. The molecule has 0 bridgehead atoms. The Bertz CT molecular complexity index is 934. The summed E-state index contributed by atoms with van der Waals surface area (Å²) in [4.78, 5) is 29.1. The van der Waals surface area contributed by atoms with Gasteiger partial charge in [0.05, 0.1) is 10.7 Å². The van der Waals surface area contributed by atoms with Crippen LogP contribution in [-0.4, -0.2) is 16.8 Å². The number of thiazole rings is 1. The molecule has 7 nitrogen and oxygen atoms in total. The number of hydrogen-bond donors (Lipinski definition) is 2. The van der Waals surface area contributed by atoms with Crippen molar-refractivity contribution in [2.24, 2.45) is 0 Å². The first-order chi connectivity index (χ1) is 13.1. The van der Waals surface area contributed by atoms with E-state index in [0.29, 0.717) is 22.1 Å². The molecular weight excluding hydrogens is 366 g/mol. The summed E-state index contributed by atoms with van der Waals surface area (Å²) in [5.74, 6) is 0.335. The Kier molecular flexibility index (Phi) is 5.87. The summed E-state index contributed by atoms with van der Waals surface area (Å²) in [6, 6.07) is 12.5. The number of rotatable bonds is 6. The third-order valence-electron chi connectivity index (χ3n) is 3.65. The SMILES string of the molecule is CCc1nc(C)c(C(=O)NNC(=O)c2ccc(COc3ccccc3)o2)s1. The van der Waals surface area contributed by atoms with Crippen LogP contribution < -0.4 is 15.6 Å². The van der Waals surface area contributed by atoms with Gasteiger partial charge in [-0.25, -0.2) is 4.98 Å². The number of ether oxygens (including phenoxy) is 1. The molecular formula is C19H19N3O4S. The molecule has 27 heavy (non-hydrogen) atoms. The fourth-order valence-corrected chi connectivity index (χ4v) is 3.19. The number of para-hydroxylation sites is 1. The topological polar surface area (TPSA) is 93.5 Å². The van der Waals surface area contributed by atoms with Crippen LogP contribution in [0, 0.1) is 6.92 Å². The van der Waals surface area contributed by atoms with Crippen molar-refractivity contribution in [2.75, 3.05) is 0 Å². The zero-order chi connectivity index (χ0) is 19.2. The van der Waals surface area contributed by atoms with Gasteiger partial charge in [-0.05, 0) is 37.6 Å². The first kappa shape index (κ1) is 18.7. The Morgan fingerprint density at radius 2 is 1.85 bits per heavy atom. The number of aryl methyl sites for hydroxylation is 2. The van der Waals surface area contributed by atoms with Crippen LogP contribution in [0.5, 0.6) is 5.75 Å². The van der Waals surface area contributed by atoms with E-state index in [1.54, 1.807) is 13.0 Å². The van der Waals surface area contributed by atoms with E-state index >= 15 is 0 Å². The lowest BCUT2D eigenvalue weighted by Gasteiger charge is -2.05. The molecule has 3 rings (SSSR count). The number of furan rings is 1. The molecule has 2 aromatic heterocycles. The summed E-state index contributed by atoms with van der Waals surface area (Å²) in [5.41, 5.74) is 5.37. The average Bonchev–Trinajstić information content (AvgIpc) is 3.31. The number of carbonyl (C=O) groups is 2. The van der Waals surface area contributed by atoms with Crippen molar-refractivity contribution in [1.82, 2.24) is 15.8 Å². The van der Waals surface area contributed by atoms with Crippen LogP contribution in [0.15, 0.2) is 46.9 Å². The summed E-state index contributed by atoms with van der Waals surface area (Å²) in [5, 5.41) is 0.873. The standard InChI is InChI=1S/C19H19N3O4S/c1-3-16-20-12(2)17(27-16)19(24)22-21-18(23)15-10-9-14(26-15)11-25-13-7-5-4-6-8-13/h4-10H,3,11H2,1-2H3,(H,21,23)(H,22,24). The van der Waals surface area contributed by atoms with Crippen molar-refractivity contribution in [3.8, 4) is 5.75 Å². The summed E-state index contributed by atoms with van der Waals surface area (Å²) < 4.78 is 11.0. The molecule has 0 atom stereocenters. The number of carbonyl (C=O) groups excluding carboxylic acids is 2. The van der Waals surface area contributed by atoms with E-state index in [4.69, 9.17) is 9.15 Å². The molecule has 0 aliphatic heterocycles. The molecule has 0 unspecified atom stereocenters. The molecule has 2 amide bonds. The lowest BCUT2D eigenvalue weighted by molar-refractivity contribution is 0.0830. The minimum atomic E-state index is -0.549. The van der Waals surface area contributed by atoms with Crippen LogP contribution in [0.3, 0.4) is 0 Å². The zero-order valence-electron chi connectivity index (χ0n) is 14.9. The smallest absolute Gasteiger partial charge is 0.305 e. The van der Waals surface area contributed by atoms with Crippen molar-refractivity contribution in [3.63, 3.8) is 0 Å². The van der Waals surface area contributed by atoms with E-state index < -0.39 is 11.8 Å². The highest BCUT2D eigenvalue weighted by Crippen LogP contribution is 2.18. The van der Waals surface area contributed by atoms with Crippen LogP contribution in [0.2, 0.25) is 0 Å². The van der Waals surface area contributed by atoms with Crippen molar-refractivity contribution in [3.05, 3.63) is 69.6 Å². The maximum atomic E-state index is 12.2. The Balaban J connectivity index is 1.53. The first-order valence-corrected chi connectivity index (χ1v) is 9.22. The fraction of sp³-hybridized carbons (Fsp3) is 0.211. The van der Waals surface area contributed by atoms with Crippen molar-refractivity contribution < 1.29 is 18.7 Å². The molecule has 140 valence electrons. The molecule has 1 aromatic carbocycles. The lowest BCUT2D eigenvalue weighted by Crippen LogP contribution is -2.41. The molecule has 0 saturated heterocycles. The lowest BCUT2D eigenvalue weighted by atomic mass is 10.3. The number of nitrogens with one attached hydrogen (secondary N) is 2. The summed E-state index contributed by atoms with van der Waals surface area (Å²) >= 11 is 1.31. The normalized spacial score (nSPS) is 10.4. The van der Waals surface area contributed by atoms with E-state index in [9.17, 15) is 9.59 Å². The van der Waals surface area contributed by atoms with Gasteiger partial charge in [0, 0.05) is 0 Å². The van der Waals surface area contributed by atoms with E-state index in [2.05, 4.69) is 15.8 Å². The highest BCUT2D eigenvalue weighted by Gasteiger charge is 2.17. The third-order valence-corrected chi connectivity index (χ3v) is 4.95. The van der Waals surface area contributed by atoms with Gasteiger partial charge in [-0.15, -0.1) is 11.3 Å². The maximum Gasteiger partial charge on any atom is 0.305 e. The van der Waals surface area contributed by atoms with E-state index in [0.717, 1.165) is 11.4 Å². The second-order valence-corrected chi connectivity index (χ2v) is 6.74. The molecule has 3 aromatic rings. The Morgan fingerprint density at radius 3 is 2.56 bits per heavy atom. The molecule has 0 aliphatic carbocycles. The predicted molar refractivity (Wildman–Crippen MR) is 101 cm³/mol. The maximum absolute atomic E-state index is 12.2. The number of hydrogen-bond acceptors (Lipinski definition) is 6. The van der Waals surface area contributed by atoms with Gasteiger partial charge in [0.2, 0.25) is 0 Å². The van der Waals surface area contributed by atoms with Crippen LogP contribution in [-0.2, 0) is 13.0 Å². The van der Waals surface area contributed by atoms with Gasteiger partial charge in [-0.1, -0.05) is 25.1 Å². The van der Waals surface area contributed by atoms with Crippen molar-refractivity contribution >= 4 is 23.2 Å². The van der Waals surface area contributed by atoms with E-state index in [1.165, 1.54) is 17.4 Å². The van der Waals surface area contributed by atoms with Gasteiger partial charge in [0.15, 0.2) is 5.76 Å².